The van der Waals surface area contributed by atoms with E-state index < -0.39 is 11.9 Å². The van der Waals surface area contributed by atoms with E-state index >= 15 is 0 Å². The Labute approximate surface area is 88.0 Å². The van der Waals surface area contributed by atoms with Crippen molar-refractivity contribution in [1.82, 2.24) is 0 Å². The number of aliphatic hydroxyl groups is 1. The third-order valence-electron chi connectivity index (χ3n) is 1.55. The van der Waals surface area contributed by atoms with Gasteiger partial charge in [0, 0.05) is 11.6 Å². The van der Waals surface area contributed by atoms with Gasteiger partial charge in [-0.3, -0.25) is 0 Å². The molecule has 15 heavy (non-hydrogen) atoms. The van der Waals surface area contributed by atoms with Crippen molar-refractivity contribution >= 4 is 11.9 Å². The Morgan fingerprint density at radius 3 is 2.33 bits per heavy atom. The molecule has 0 aromatic carbocycles. The molecule has 0 radical (unpaired) electrons. The van der Waals surface area contributed by atoms with Crippen LogP contribution in [0.15, 0.2) is 23.8 Å². The molecule has 1 N–H and O–H groups in total. The Kier molecular flexibility index (Phi) is 6.92. The first-order valence-corrected chi connectivity index (χ1v) is 4.28. The summed E-state index contributed by atoms with van der Waals surface area (Å²) in [4.78, 5) is 22.1. The lowest BCUT2D eigenvalue weighted by atomic mass is 10.1. The monoisotopic (exact) mass is 214 g/mol. The van der Waals surface area contributed by atoms with E-state index in [0.29, 0.717) is 0 Å². The van der Waals surface area contributed by atoms with Gasteiger partial charge in [0.2, 0.25) is 0 Å². The number of aliphatic hydroxyl groups excluding tert-OH is 1. The van der Waals surface area contributed by atoms with E-state index in [0.717, 1.165) is 6.08 Å². The zero-order chi connectivity index (χ0) is 11.7. The summed E-state index contributed by atoms with van der Waals surface area (Å²) >= 11 is 0. The second-order valence-electron chi connectivity index (χ2n) is 2.54. The number of rotatable bonds is 5. The molecule has 0 aliphatic heterocycles. The summed E-state index contributed by atoms with van der Waals surface area (Å²) in [6, 6.07) is 0. The molecule has 5 heteroatoms. The zero-order valence-corrected chi connectivity index (χ0v) is 8.73. The highest BCUT2D eigenvalue weighted by atomic mass is 16.5. The fourth-order valence-corrected chi connectivity index (χ4v) is 0.818. The minimum absolute atomic E-state index is 0.118. The van der Waals surface area contributed by atoms with Crippen LogP contribution >= 0.6 is 0 Å². The second kappa shape index (κ2) is 7.75. The predicted octanol–water partition coefficient (Wildman–Crippen LogP) is 0.197. The highest BCUT2D eigenvalue weighted by Crippen LogP contribution is 2.05. The van der Waals surface area contributed by atoms with Crippen LogP contribution in [-0.4, -0.2) is 37.9 Å². The van der Waals surface area contributed by atoms with Gasteiger partial charge in [-0.05, 0) is 6.42 Å². The van der Waals surface area contributed by atoms with Crippen LogP contribution in [0.2, 0.25) is 0 Å². The Bertz CT molecular complexity index is 278. The Morgan fingerprint density at radius 2 is 1.87 bits per heavy atom. The molecule has 5 nitrogen and oxygen atoms in total. The highest BCUT2D eigenvalue weighted by Gasteiger charge is 2.10. The van der Waals surface area contributed by atoms with E-state index in [9.17, 15) is 9.59 Å². The van der Waals surface area contributed by atoms with Crippen molar-refractivity contribution in [3.63, 3.8) is 0 Å². The van der Waals surface area contributed by atoms with Crippen molar-refractivity contribution in [3.05, 3.63) is 23.8 Å². The molecule has 84 valence electrons. The van der Waals surface area contributed by atoms with Crippen molar-refractivity contribution < 1.29 is 24.2 Å². The van der Waals surface area contributed by atoms with Crippen LogP contribution in [0.25, 0.3) is 0 Å². The van der Waals surface area contributed by atoms with Gasteiger partial charge in [-0.1, -0.05) is 12.2 Å². The maximum Gasteiger partial charge on any atom is 0.334 e. The standard InChI is InChI=1S/C10H14O5/c1-14-9(12)7-8(10(13)15-2)5-3-4-6-11/h3-4,7,11H,5-6H2,1-2H3/b4-3?,8-7-. The van der Waals surface area contributed by atoms with E-state index in [1.807, 2.05) is 0 Å². The fraction of sp³-hybridized carbons (Fsp3) is 0.400. The molecule has 0 aliphatic carbocycles. The highest BCUT2D eigenvalue weighted by molar-refractivity contribution is 5.96. The number of hydrogen-bond acceptors (Lipinski definition) is 5. The lowest BCUT2D eigenvalue weighted by molar-refractivity contribution is -0.138. The molecule has 0 heterocycles. The summed E-state index contributed by atoms with van der Waals surface area (Å²) in [7, 11) is 2.44. The molecule has 0 bridgehead atoms. The normalized spacial score (nSPS) is 11.5. The molecule has 0 amide bonds. The smallest absolute Gasteiger partial charge is 0.334 e. The molecular formula is C10H14O5. The lowest BCUT2D eigenvalue weighted by Crippen LogP contribution is -2.07. The van der Waals surface area contributed by atoms with E-state index in [1.165, 1.54) is 20.3 Å². The first-order chi connectivity index (χ1) is 7.15. The van der Waals surface area contributed by atoms with Crippen LogP contribution in [0.5, 0.6) is 0 Å². The fourth-order valence-electron chi connectivity index (χ4n) is 0.818. The Balaban J connectivity index is 4.58. The summed E-state index contributed by atoms with van der Waals surface area (Å²) in [6.07, 6.45) is 4.30. The van der Waals surface area contributed by atoms with Gasteiger partial charge in [-0.15, -0.1) is 0 Å². The number of esters is 2. The van der Waals surface area contributed by atoms with Crippen molar-refractivity contribution in [2.45, 2.75) is 6.42 Å². The number of methoxy groups -OCH3 is 2. The van der Waals surface area contributed by atoms with E-state index in [1.54, 1.807) is 6.08 Å². The number of hydrogen-bond donors (Lipinski definition) is 1. The minimum Gasteiger partial charge on any atom is -0.466 e. The molecule has 0 rings (SSSR count). The summed E-state index contributed by atoms with van der Waals surface area (Å²) in [5.41, 5.74) is 0.175. The number of carbonyl (C=O) groups is 2. The molecule has 0 atom stereocenters. The average Bonchev–Trinajstić information content (AvgIpc) is 2.26. The second-order valence-corrected chi connectivity index (χ2v) is 2.54. The van der Waals surface area contributed by atoms with Gasteiger partial charge in [0.25, 0.3) is 0 Å². The van der Waals surface area contributed by atoms with Crippen LogP contribution in [0.1, 0.15) is 6.42 Å². The maximum atomic E-state index is 11.2. The van der Waals surface area contributed by atoms with Crippen LogP contribution in [0, 0.1) is 0 Å². The third kappa shape index (κ3) is 5.64. The van der Waals surface area contributed by atoms with Crippen LogP contribution in [0.3, 0.4) is 0 Å². The largest absolute Gasteiger partial charge is 0.466 e. The van der Waals surface area contributed by atoms with E-state index in [4.69, 9.17) is 5.11 Å². The lowest BCUT2D eigenvalue weighted by Gasteiger charge is -2.01. The summed E-state index contributed by atoms with van der Waals surface area (Å²) in [5, 5.41) is 8.49. The van der Waals surface area contributed by atoms with Gasteiger partial charge >= 0.3 is 11.9 Å². The van der Waals surface area contributed by atoms with Gasteiger partial charge in [0.15, 0.2) is 0 Å². The van der Waals surface area contributed by atoms with Crippen molar-refractivity contribution in [2.24, 2.45) is 0 Å². The first-order valence-electron chi connectivity index (χ1n) is 4.28. The van der Waals surface area contributed by atoms with Gasteiger partial charge in [0.1, 0.15) is 0 Å². The average molecular weight is 214 g/mol. The quantitative estimate of drug-likeness (QED) is 0.402. The van der Waals surface area contributed by atoms with Crippen LogP contribution in [-0.2, 0) is 19.1 Å². The number of carbonyl (C=O) groups excluding carboxylic acids is 2. The van der Waals surface area contributed by atoms with Gasteiger partial charge in [-0.2, -0.15) is 0 Å². The molecule has 0 aromatic heterocycles. The molecule has 0 spiro atoms. The SMILES string of the molecule is COC(=O)/C=C(/CC=CCO)C(=O)OC. The van der Waals surface area contributed by atoms with Gasteiger partial charge in [0.05, 0.1) is 20.8 Å². The molecule has 0 fully saturated rings. The molecule has 0 saturated carbocycles. The molecule has 0 unspecified atom stereocenters. The van der Waals surface area contributed by atoms with Gasteiger partial charge in [-0.25, -0.2) is 9.59 Å². The zero-order valence-electron chi connectivity index (χ0n) is 8.73. The van der Waals surface area contributed by atoms with Crippen molar-refractivity contribution in [3.8, 4) is 0 Å². The maximum absolute atomic E-state index is 11.2. The number of ether oxygens (including phenoxy) is 2. The predicted molar refractivity (Wildman–Crippen MR) is 53.0 cm³/mol. The van der Waals surface area contributed by atoms with E-state index in [-0.39, 0.29) is 18.6 Å². The molecule has 0 aromatic rings. The summed E-state index contributed by atoms with van der Waals surface area (Å²) < 4.78 is 8.86. The third-order valence-corrected chi connectivity index (χ3v) is 1.55. The Hall–Kier alpha value is -1.62. The molecule has 0 aliphatic rings. The minimum atomic E-state index is -0.618. The van der Waals surface area contributed by atoms with Crippen molar-refractivity contribution in [2.75, 3.05) is 20.8 Å². The van der Waals surface area contributed by atoms with Crippen LogP contribution in [0.4, 0.5) is 0 Å². The van der Waals surface area contributed by atoms with Crippen molar-refractivity contribution in [1.29, 1.82) is 0 Å². The Morgan fingerprint density at radius 1 is 1.20 bits per heavy atom. The number of allylic oxidation sites excluding steroid dienone is 1. The van der Waals surface area contributed by atoms with Gasteiger partial charge < -0.3 is 14.6 Å². The molecule has 0 saturated heterocycles. The van der Waals surface area contributed by atoms with Crippen LogP contribution < -0.4 is 0 Å². The molecular weight excluding hydrogens is 200 g/mol. The summed E-state index contributed by atoms with van der Waals surface area (Å²) in [5.74, 6) is -1.21. The first kappa shape index (κ1) is 13.4. The topological polar surface area (TPSA) is 72.8 Å². The van der Waals surface area contributed by atoms with E-state index in [2.05, 4.69) is 9.47 Å². The summed E-state index contributed by atoms with van der Waals surface area (Å²) in [6.45, 7) is -0.118.